The molecular formula is C18H13FN4. The fraction of sp³-hybridized carbons (Fsp3) is 0.0556. The SMILES string of the molecule is Cc1cc(-c2ncccc2-c2ccc3nncn3c2)ccc1F. The van der Waals surface area contributed by atoms with Crippen LogP contribution < -0.4 is 0 Å². The van der Waals surface area contributed by atoms with Gasteiger partial charge in [-0.25, -0.2) is 4.39 Å². The quantitative estimate of drug-likeness (QED) is 0.564. The molecule has 3 aromatic heterocycles. The molecule has 0 fully saturated rings. The molecule has 0 saturated carbocycles. The second-order valence-electron chi connectivity index (χ2n) is 5.38. The Morgan fingerprint density at radius 1 is 1.04 bits per heavy atom. The highest BCUT2D eigenvalue weighted by molar-refractivity contribution is 5.80. The normalized spacial score (nSPS) is 11.0. The lowest BCUT2D eigenvalue weighted by Crippen LogP contribution is -1.92. The first-order valence-electron chi connectivity index (χ1n) is 7.24. The zero-order valence-electron chi connectivity index (χ0n) is 12.4. The molecule has 0 bridgehead atoms. The largest absolute Gasteiger partial charge is 0.288 e. The van der Waals surface area contributed by atoms with Gasteiger partial charge in [0.05, 0.1) is 5.69 Å². The summed E-state index contributed by atoms with van der Waals surface area (Å²) in [6.45, 7) is 1.75. The Kier molecular flexibility index (Phi) is 3.12. The lowest BCUT2D eigenvalue weighted by atomic mass is 9.99. The summed E-state index contributed by atoms with van der Waals surface area (Å²) in [5, 5.41) is 7.90. The average Bonchev–Trinajstić information content (AvgIpc) is 3.05. The van der Waals surface area contributed by atoms with Crippen molar-refractivity contribution in [3.63, 3.8) is 0 Å². The predicted octanol–water partition coefficient (Wildman–Crippen LogP) is 3.91. The van der Waals surface area contributed by atoms with Crippen LogP contribution in [-0.4, -0.2) is 19.6 Å². The molecule has 4 nitrogen and oxygen atoms in total. The fourth-order valence-electron chi connectivity index (χ4n) is 2.65. The van der Waals surface area contributed by atoms with Crippen LogP contribution in [-0.2, 0) is 0 Å². The van der Waals surface area contributed by atoms with Crippen LogP contribution in [0.1, 0.15) is 5.56 Å². The molecule has 3 heterocycles. The topological polar surface area (TPSA) is 43.1 Å². The third-order valence-corrected chi connectivity index (χ3v) is 3.84. The van der Waals surface area contributed by atoms with Gasteiger partial charge in [-0.05, 0) is 48.9 Å². The van der Waals surface area contributed by atoms with Gasteiger partial charge in [-0.15, -0.1) is 10.2 Å². The zero-order valence-corrected chi connectivity index (χ0v) is 12.4. The van der Waals surface area contributed by atoms with Crippen molar-refractivity contribution in [2.45, 2.75) is 6.92 Å². The number of pyridine rings is 2. The number of fused-ring (bicyclic) bond motifs is 1. The fourth-order valence-corrected chi connectivity index (χ4v) is 2.65. The van der Waals surface area contributed by atoms with Crippen molar-refractivity contribution < 1.29 is 4.39 Å². The highest BCUT2D eigenvalue weighted by atomic mass is 19.1. The minimum absolute atomic E-state index is 0.211. The number of hydrogen-bond acceptors (Lipinski definition) is 3. The summed E-state index contributed by atoms with van der Waals surface area (Å²) in [6.07, 6.45) is 5.37. The van der Waals surface area contributed by atoms with Crippen molar-refractivity contribution in [2.75, 3.05) is 0 Å². The van der Waals surface area contributed by atoms with E-state index in [0.29, 0.717) is 5.56 Å². The molecule has 0 radical (unpaired) electrons. The van der Waals surface area contributed by atoms with Crippen molar-refractivity contribution in [3.05, 3.63) is 72.6 Å². The highest BCUT2D eigenvalue weighted by Crippen LogP contribution is 2.31. The molecule has 4 rings (SSSR count). The Hall–Kier alpha value is -3.08. The van der Waals surface area contributed by atoms with E-state index in [1.165, 1.54) is 6.07 Å². The Morgan fingerprint density at radius 3 is 2.78 bits per heavy atom. The van der Waals surface area contributed by atoms with E-state index in [2.05, 4.69) is 15.2 Å². The second kappa shape index (κ2) is 5.28. The van der Waals surface area contributed by atoms with E-state index in [1.807, 2.05) is 40.9 Å². The molecule has 0 aliphatic rings. The molecule has 0 spiro atoms. The molecule has 23 heavy (non-hydrogen) atoms. The van der Waals surface area contributed by atoms with Gasteiger partial charge in [0, 0.05) is 29.1 Å². The number of halogens is 1. The number of hydrogen-bond donors (Lipinski definition) is 0. The van der Waals surface area contributed by atoms with Crippen molar-refractivity contribution in [3.8, 4) is 22.4 Å². The summed E-state index contributed by atoms with van der Waals surface area (Å²) in [6, 6.07) is 12.9. The van der Waals surface area contributed by atoms with E-state index in [0.717, 1.165) is 28.0 Å². The van der Waals surface area contributed by atoms with Crippen LogP contribution in [0.5, 0.6) is 0 Å². The number of rotatable bonds is 2. The van der Waals surface area contributed by atoms with Crippen LogP contribution in [0.15, 0.2) is 61.2 Å². The van der Waals surface area contributed by atoms with E-state index in [1.54, 1.807) is 25.5 Å². The third kappa shape index (κ3) is 2.36. The maximum absolute atomic E-state index is 13.5. The number of aromatic nitrogens is 4. The molecule has 0 aliphatic heterocycles. The van der Waals surface area contributed by atoms with Crippen molar-refractivity contribution in [1.82, 2.24) is 19.6 Å². The van der Waals surface area contributed by atoms with Gasteiger partial charge in [-0.2, -0.15) is 0 Å². The van der Waals surface area contributed by atoms with Gasteiger partial charge in [0.2, 0.25) is 0 Å². The van der Waals surface area contributed by atoms with Crippen molar-refractivity contribution >= 4 is 5.65 Å². The Labute approximate surface area is 132 Å². The molecule has 0 aliphatic carbocycles. The second-order valence-corrected chi connectivity index (χ2v) is 5.38. The molecule has 112 valence electrons. The van der Waals surface area contributed by atoms with Gasteiger partial charge < -0.3 is 0 Å². The minimum atomic E-state index is -0.211. The molecule has 1 aromatic carbocycles. The standard InChI is InChI=1S/C18H13FN4/c1-12-9-13(4-6-16(12)19)18-15(3-2-8-20-18)14-5-7-17-22-21-11-23(17)10-14/h2-11H,1H3. The molecule has 4 aromatic rings. The molecule has 0 atom stereocenters. The van der Waals surface area contributed by atoms with Crippen LogP contribution in [0.25, 0.3) is 28.0 Å². The molecule has 0 saturated heterocycles. The first-order chi connectivity index (χ1) is 11.2. The molecule has 0 unspecified atom stereocenters. The first-order valence-corrected chi connectivity index (χ1v) is 7.24. The summed E-state index contributed by atoms with van der Waals surface area (Å²) in [5.41, 5.74) is 5.09. The Bertz CT molecular complexity index is 1010. The van der Waals surface area contributed by atoms with E-state index in [4.69, 9.17) is 0 Å². The third-order valence-electron chi connectivity index (χ3n) is 3.84. The summed E-state index contributed by atoms with van der Waals surface area (Å²) < 4.78 is 15.4. The molecule has 0 N–H and O–H groups in total. The monoisotopic (exact) mass is 304 g/mol. The summed E-state index contributed by atoms with van der Waals surface area (Å²) >= 11 is 0. The number of nitrogens with zero attached hydrogens (tertiary/aromatic N) is 4. The molecule has 5 heteroatoms. The van der Waals surface area contributed by atoms with Crippen LogP contribution in [0.2, 0.25) is 0 Å². The zero-order chi connectivity index (χ0) is 15.8. The predicted molar refractivity (Wildman–Crippen MR) is 86.3 cm³/mol. The van der Waals surface area contributed by atoms with Crippen LogP contribution in [0, 0.1) is 12.7 Å². The number of aryl methyl sites for hydroxylation is 1. The van der Waals surface area contributed by atoms with Crippen LogP contribution in [0.3, 0.4) is 0 Å². The van der Waals surface area contributed by atoms with Gasteiger partial charge in [0.25, 0.3) is 0 Å². The van der Waals surface area contributed by atoms with Gasteiger partial charge in [-0.3, -0.25) is 9.38 Å². The molecule has 0 amide bonds. The first kappa shape index (κ1) is 13.6. The maximum Gasteiger partial charge on any atom is 0.160 e. The van der Waals surface area contributed by atoms with Gasteiger partial charge >= 0.3 is 0 Å². The van der Waals surface area contributed by atoms with E-state index >= 15 is 0 Å². The van der Waals surface area contributed by atoms with Gasteiger partial charge in [0.1, 0.15) is 12.1 Å². The highest BCUT2D eigenvalue weighted by Gasteiger charge is 2.11. The van der Waals surface area contributed by atoms with Gasteiger partial charge in [0.15, 0.2) is 5.65 Å². The van der Waals surface area contributed by atoms with Crippen molar-refractivity contribution in [1.29, 1.82) is 0 Å². The Morgan fingerprint density at radius 2 is 1.91 bits per heavy atom. The van der Waals surface area contributed by atoms with E-state index in [-0.39, 0.29) is 5.82 Å². The van der Waals surface area contributed by atoms with Gasteiger partial charge in [-0.1, -0.05) is 6.07 Å². The van der Waals surface area contributed by atoms with E-state index in [9.17, 15) is 4.39 Å². The number of benzene rings is 1. The minimum Gasteiger partial charge on any atom is -0.288 e. The lowest BCUT2D eigenvalue weighted by molar-refractivity contribution is 0.619. The smallest absolute Gasteiger partial charge is 0.160 e. The van der Waals surface area contributed by atoms with Crippen LogP contribution >= 0.6 is 0 Å². The molecular weight excluding hydrogens is 291 g/mol. The maximum atomic E-state index is 13.5. The summed E-state index contributed by atoms with van der Waals surface area (Å²) in [7, 11) is 0. The van der Waals surface area contributed by atoms with E-state index < -0.39 is 0 Å². The summed E-state index contributed by atoms with van der Waals surface area (Å²) in [4.78, 5) is 4.50. The van der Waals surface area contributed by atoms with Crippen molar-refractivity contribution in [2.24, 2.45) is 0 Å². The van der Waals surface area contributed by atoms with Crippen LogP contribution in [0.4, 0.5) is 4.39 Å². The Balaban J connectivity index is 1.90. The average molecular weight is 304 g/mol. The lowest BCUT2D eigenvalue weighted by Gasteiger charge is -2.10. The summed E-state index contributed by atoms with van der Waals surface area (Å²) in [5.74, 6) is -0.211.